The Kier molecular flexibility index (Phi) is 5.26. The zero-order chi connectivity index (χ0) is 21.6. The van der Waals surface area contributed by atoms with Crippen molar-refractivity contribution in [2.75, 3.05) is 22.6 Å². The number of anilines is 2. The Labute approximate surface area is 173 Å². The summed E-state index contributed by atoms with van der Waals surface area (Å²) in [7, 11) is 0. The maximum atomic E-state index is 15.0. The fraction of sp³-hybridized carbons (Fsp3) is 0.389. The molecule has 0 saturated carbocycles. The predicted molar refractivity (Wildman–Crippen MR) is 106 cm³/mol. The van der Waals surface area contributed by atoms with Crippen LogP contribution in [0.25, 0.3) is 11.4 Å². The summed E-state index contributed by atoms with van der Waals surface area (Å²) >= 11 is 0.812. The van der Waals surface area contributed by atoms with Crippen LogP contribution in [0, 0.1) is 5.82 Å². The molecule has 3 heterocycles. The number of fused-ring (bicyclic) bond motifs is 3. The molecule has 0 radical (unpaired) electrons. The maximum absolute atomic E-state index is 15.0. The molecule has 8 nitrogen and oxygen atoms in total. The topological polar surface area (TPSA) is 102 Å². The molecule has 2 atom stereocenters. The van der Waals surface area contributed by atoms with Gasteiger partial charge in [0, 0.05) is 11.9 Å². The molecule has 2 amide bonds. The average Bonchev–Trinajstić information content (AvgIpc) is 3.23. The van der Waals surface area contributed by atoms with Gasteiger partial charge in [-0.05, 0) is 19.1 Å². The molecule has 0 aliphatic carbocycles. The Morgan fingerprint density at radius 1 is 1.43 bits per heavy atom. The number of ether oxygens (including phenoxy) is 1. The first-order valence-corrected chi connectivity index (χ1v) is 10.1. The summed E-state index contributed by atoms with van der Waals surface area (Å²) in [5.74, 6) is -1.10. The second-order valence-corrected chi connectivity index (χ2v) is 7.86. The molecular weight excluding hydrogens is 423 g/mol. The summed E-state index contributed by atoms with van der Waals surface area (Å²) in [5, 5.41) is 2.18. The lowest BCUT2D eigenvalue weighted by Gasteiger charge is -2.20. The van der Waals surface area contributed by atoms with E-state index in [1.807, 2.05) is 0 Å². The monoisotopic (exact) mass is 441 g/mol. The molecule has 2 aliphatic heterocycles. The van der Waals surface area contributed by atoms with Gasteiger partial charge in [0.2, 0.25) is 5.91 Å². The van der Waals surface area contributed by atoms with Crippen LogP contribution < -0.4 is 20.7 Å². The van der Waals surface area contributed by atoms with Crippen molar-refractivity contribution in [1.29, 1.82) is 0 Å². The van der Waals surface area contributed by atoms with Crippen LogP contribution >= 0.6 is 11.8 Å². The minimum absolute atomic E-state index is 0.0277. The van der Waals surface area contributed by atoms with E-state index in [0.29, 0.717) is 11.4 Å². The van der Waals surface area contributed by atoms with Gasteiger partial charge >= 0.3 is 0 Å². The van der Waals surface area contributed by atoms with E-state index >= 15 is 4.39 Å². The Morgan fingerprint density at radius 2 is 2.20 bits per heavy atom. The third-order valence-corrected chi connectivity index (χ3v) is 5.87. The van der Waals surface area contributed by atoms with E-state index in [1.54, 1.807) is 10.6 Å². The number of nitrogens with one attached hydrogen (secondary N) is 1. The summed E-state index contributed by atoms with van der Waals surface area (Å²) in [4.78, 5) is 28.7. The highest BCUT2D eigenvalue weighted by molar-refractivity contribution is 8.14. The van der Waals surface area contributed by atoms with Gasteiger partial charge in [-0.2, -0.15) is 0 Å². The lowest BCUT2D eigenvalue weighted by atomic mass is 10.1. The van der Waals surface area contributed by atoms with Gasteiger partial charge in [-0.3, -0.25) is 14.5 Å². The molecule has 0 bridgehead atoms. The lowest BCUT2D eigenvalue weighted by molar-refractivity contribution is -0.118. The number of thioether (sulfide) groups is 1. The second kappa shape index (κ2) is 7.74. The number of nitrogens with two attached hydrogens (primary N) is 1. The van der Waals surface area contributed by atoms with E-state index < -0.39 is 35.5 Å². The number of hydrogen-bond acceptors (Lipinski definition) is 6. The van der Waals surface area contributed by atoms with Crippen LogP contribution in [0.3, 0.4) is 0 Å². The first kappa shape index (κ1) is 20.4. The van der Waals surface area contributed by atoms with Gasteiger partial charge in [-0.25, -0.2) is 18.2 Å². The molecule has 12 heteroatoms. The fourth-order valence-electron chi connectivity index (χ4n) is 3.32. The molecule has 30 heavy (non-hydrogen) atoms. The molecule has 0 spiro atoms. The molecule has 1 saturated heterocycles. The van der Waals surface area contributed by atoms with Gasteiger partial charge in [0.25, 0.3) is 11.7 Å². The van der Waals surface area contributed by atoms with E-state index in [0.717, 1.165) is 16.7 Å². The summed E-state index contributed by atoms with van der Waals surface area (Å²) in [6.07, 6.45) is -1.22. The van der Waals surface area contributed by atoms with Crippen molar-refractivity contribution in [3.8, 4) is 17.1 Å². The highest BCUT2D eigenvalue weighted by Crippen LogP contribution is 2.40. The van der Waals surface area contributed by atoms with Gasteiger partial charge in [0.1, 0.15) is 24.5 Å². The van der Waals surface area contributed by atoms with E-state index in [9.17, 15) is 18.4 Å². The lowest BCUT2D eigenvalue weighted by Crippen LogP contribution is -2.38. The smallest absolute Gasteiger partial charge is 0.287 e. The first-order valence-electron chi connectivity index (χ1n) is 9.10. The number of carbonyl (C=O) groups is 2. The zero-order valence-electron chi connectivity index (χ0n) is 15.8. The first-order chi connectivity index (χ1) is 14.3. The van der Waals surface area contributed by atoms with Crippen molar-refractivity contribution in [1.82, 2.24) is 9.55 Å². The molecule has 2 aliphatic rings. The number of nitrogens with zero attached hydrogens (tertiary/aromatic N) is 3. The van der Waals surface area contributed by atoms with Crippen molar-refractivity contribution in [3.63, 3.8) is 0 Å². The number of imidazole rings is 1. The molecule has 1 unspecified atom stereocenters. The minimum Gasteiger partial charge on any atom is -0.488 e. The molecule has 2 aromatic rings. The van der Waals surface area contributed by atoms with E-state index in [-0.39, 0.29) is 36.2 Å². The number of benzene rings is 1. The third-order valence-electron chi connectivity index (χ3n) is 4.92. The molecule has 1 aromatic heterocycles. The van der Waals surface area contributed by atoms with E-state index in [1.165, 1.54) is 19.2 Å². The average molecular weight is 441 g/mol. The SMILES string of the molecule is C[C@H](Nc1ccc2c(c1F)OCCn1cc(N3C(=O)SCC3C(F)F)nc1-2)C(N)=O. The Hall–Kier alpha value is -2.89. The summed E-state index contributed by atoms with van der Waals surface area (Å²) in [6, 6.07) is 0.894. The number of hydrogen-bond donors (Lipinski definition) is 2. The van der Waals surface area contributed by atoms with Gasteiger partial charge in [-0.15, -0.1) is 0 Å². The maximum Gasteiger partial charge on any atom is 0.287 e. The van der Waals surface area contributed by atoms with Crippen molar-refractivity contribution in [3.05, 3.63) is 24.1 Å². The van der Waals surface area contributed by atoms with Crippen molar-refractivity contribution < 1.29 is 27.5 Å². The number of amides is 2. The fourth-order valence-corrected chi connectivity index (χ4v) is 4.30. The Morgan fingerprint density at radius 3 is 2.90 bits per heavy atom. The normalized spacial score (nSPS) is 19.2. The van der Waals surface area contributed by atoms with Crippen LogP contribution in [0.15, 0.2) is 18.3 Å². The summed E-state index contributed by atoms with van der Waals surface area (Å²) < 4.78 is 48.9. The third kappa shape index (κ3) is 3.44. The van der Waals surface area contributed by atoms with Gasteiger partial charge in [-0.1, -0.05) is 11.8 Å². The summed E-state index contributed by atoms with van der Waals surface area (Å²) in [6.45, 7) is 1.88. The van der Waals surface area contributed by atoms with Crippen LogP contribution in [0.2, 0.25) is 0 Å². The predicted octanol–water partition coefficient (Wildman–Crippen LogP) is 2.67. The summed E-state index contributed by atoms with van der Waals surface area (Å²) in [5.41, 5.74) is 5.55. The van der Waals surface area contributed by atoms with Crippen LogP contribution in [0.4, 0.5) is 29.5 Å². The van der Waals surface area contributed by atoms with E-state index in [2.05, 4.69) is 10.3 Å². The van der Waals surface area contributed by atoms with Crippen LogP contribution in [-0.4, -0.2) is 51.6 Å². The second-order valence-electron chi connectivity index (χ2n) is 6.89. The van der Waals surface area contributed by atoms with Crippen LogP contribution in [0.5, 0.6) is 5.75 Å². The number of primary amides is 1. The number of aromatic nitrogens is 2. The Bertz CT molecular complexity index is 1020. The van der Waals surface area contributed by atoms with Crippen LogP contribution in [0.1, 0.15) is 6.92 Å². The van der Waals surface area contributed by atoms with Gasteiger partial charge in [0.15, 0.2) is 17.4 Å². The molecule has 1 aromatic carbocycles. The quantitative estimate of drug-likeness (QED) is 0.740. The molecule has 1 fully saturated rings. The molecular formula is C18H18F3N5O3S. The van der Waals surface area contributed by atoms with Gasteiger partial charge < -0.3 is 20.4 Å². The number of halogens is 3. The number of carbonyl (C=O) groups excluding carboxylic acids is 2. The number of alkyl halides is 2. The van der Waals surface area contributed by atoms with E-state index in [4.69, 9.17) is 10.5 Å². The highest BCUT2D eigenvalue weighted by Gasteiger charge is 2.41. The molecule has 4 rings (SSSR count). The Balaban J connectivity index is 1.73. The minimum atomic E-state index is -2.71. The van der Waals surface area contributed by atoms with Crippen molar-refractivity contribution in [2.24, 2.45) is 5.73 Å². The highest BCUT2D eigenvalue weighted by atomic mass is 32.2. The van der Waals surface area contributed by atoms with Crippen molar-refractivity contribution in [2.45, 2.75) is 32.0 Å². The number of rotatable bonds is 5. The zero-order valence-corrected chi connectivity index (χ0v) is 16.6. The van der Waals surface area contributed by atoms with Gasteiger partial charge in [0.05, 0.1) is 17.8 Å². The largest absolute Gasteiger partial charge is 0.488 e. The van der Waals surface area contributed by atoms with Crippen LogP contribution in [-0.2, 0) is 11.3 Å². The standard InChI is InChI=1S/C18H18F3N5O3S/c1-8(16(22)27)23-10-3-2-9-14(13(10)19)29-5-4-25-6-12(24-17(9)25)26-11(15(20)21)7-30-18(26)28/h2-3,6,8,11,15,23H,4-5,7H2,1H3,(H2,22,27)/t8-,11?/m0/s1. The molecule has 160 valence electrons. The van der Waals surface area contributed by atoms with Crippen molar-refractivity contribution >= 4 is 34.4 Å². The molecule has 3 N–H and O–H groups in total.